The molecule has 0 radical (unpaired) electrons. The van der Waals surface area contributed by atoms with Gasteiger partial charge in [0.2, 0.25) is 0 Å². The van der Waals surface area contributed by atoms with Gasteiger partial charge >= 0.3 is 0 Å². The van der Waals surface area contributed by atoms with Crippen molar-refractivity contribution in [2.75, 3.05) is 13.1 Å². The number of piperidine rings is 1. The first-order valence-electron chi connectivity index (χ1n) is 6.81. The Morgan fingerprint density at radius 2 is 2.14 bits per heavy atom. The molecule has 2 aromatic heterocycles. The molecule has 1 aliphatic heterocycles. The first kappa shape index (κ1) is 13.8. The Kier molecular flexibility index (Phi) is 3.74. The van der Waals surface area contributed by atoms with E-state index >= 15 is 0 Å². The first-order chi connectivity index (χ1) is 10.1. The van der Waals surface area contributed by atoms with Crippen LogP contribution in [0.15, 0.2) is 30.9 Å². The van der Waals surface area contributed by atoms with Crippen LogP contribution >= 0.6 is 11.3 Å². The number of likely N-dealkylation sites (tertiary alicyclic amines) is 1. The Balaban J connectivity index is 1.73. The van der Waals surface area contributed by atoms with Gasteiger partial charge < -0.3 is 15.2 Å². The van der Waals surface area contributed by atoms with Gasteiger partial charge in [0.1, 0.15) is 0 Å². The third-order valence-corrected chi connectivity index (χ3v) is 4.78. The van der Waals surface area contributed by atoms with Crippen LogP contribution in [-0.4, -0.2) is 39.4 Å². The molecule has 3 heterocycles. The quantitative estimate of drug-likeness (QED) is 0.933. The van der Waals surface area contributed by atoms with E-state index in [9.17, 15) is 9.59 Å². The lowest BCUT2D eigenvalue weighted by Crippen LogP contribution is -2.40. The number of nitrogens with two attached hydrogens (primary N) is 1. The second kappa shape index (κ2) is 5.69. The van der Waals surface area contributed by atoms with Gasteiger partial charge in [0.15, 0.2) is 0 Å². The number of hydrogen-bond donors (Lipinski definition) is 1. The van der Waals surface area contributed by atoms with Crippen LogP contribution < -0.4 is 5.73 Å². The third-order valence-electron chi connectivity index (χ3n) is 3.69. The maximum atomic E-state index is 12.5. The number of amides is 2. The van der Waals surface area contributed by atoms with Crippen LogP contribution in [0.2, 0.25) is 0 Å². The van der Waals surface area contributed by atoms with E-state index in [2.05, 4.69) is 4.98 Å². The molecule has 0 bridgehead atoms. The van der Waals surface area contributed by atoms with Crippen molar-refractivity contribution in [1.29, 1.82) is 0 Å². The van der Waals surface area contributed by atoms with E-state index in [1.54, 1.807) is 24.7 Å². The predicted octanol–water partition coefficient (Wildman–Crippen LogP) is 1.52. The first-order valence-corrected chi connectivity index (χ1v) is 7.63. The van der Waals surface area contributed by atoms with Gasteiger partial charge in [-0.3, -0.25) is 9.59 Å². The number of carbonyl (C=O) groups excluding carboxylic acids is 2. The summed E-state index contributed by atoms with van der Waals surface area (Å²) in [4.78, 5) is 30.5. The molecule has 1 fully saturated rings. The van der Waals surface area contributed by atoms with Crippen LogP contribution in [0.1, 0.15) is 38.2 Å². The van der Waals surface area contributed by atoms with Crippen molar-refractivity contribution in [3.63, 3.8) is 0 Å². The lowest BCUT2D eigenvalue weighted by Gasteiger charge is -2.33. The molecule has 6 nitrogen and oxygen atoms in total. The molecular formula is C14H16N4O2S. The van der Waals surface area contributed by atoms with Crippen LogP contribution in [0.4, 0.5) is 0 Å². The lowest BCUT2D eigenvalue weighted by atomic mass is 10.1. The van der Waals surface area contributed by atoms with E-state index in [1.165, 1.54) is 0 Å². The van der Waals surface area contributed by atoms with Crippen LogP contribution in [0, 0.1) is 0 Å². The van der Waals surface area contributed by atoms with Gasteiger partial charge in [-0.05, 0) is 25.0 Å². The summed E-state index contributed by atoms with van der Waals surface area (Å²) in [5.74, 6) is -0.522. The number of rotatable bonds is 3. The molecule has 0 aromatic carbocycles. The Labute approximate surface area is 126 Å². The molecule has 0 aliphatic carbocycles. The van der Waals surface area contributed by atoms with Crippen LogP contribution in [0.3, 0.4) is 0 Å². The Hall–Kier alpha value is -2.15. The minimum absolute atomic E-state index is 0.0303. The average molecular weight is 304 g/mol. The SMILES string of the molecule is NC(=O)c1ccc(C(=O)N2CCCC(n3ccnc3)C2)s1. The molecule has 1 atom stereocenters. The normalized spacial score (nSPS) is 18.7. The van der Waals surface area contributed by atoms with E-state index in [4.69, 9.17) is 5.73 Å². The van der Waals surface area contributed by atoms with Crippen molar-refractivity contribution in [2.24, 2.45) is 5.73 Å². The zero-order valence-electron chi connectivity index (χ0n) is 11.4. The smallest absolute Gasteiger partial charge is 0.264 e. The van der Waals surface area contributed by atoms with Gasteiger partial charge in [-0.2, -0.15) is 0 Å². The fraction of sp³-hybridized carbons (Fsp3) is 0.357. The van der Waals surface area contributed by atoms with Gasteiger partial charge in [0.05, 0.1) is 22.1 Å². The second-order valence-electron chi connectivity index (χ2n) is 5.09. The highest BCUT2D eigenvalue weighted by molar-refractivity contribution is 7.15. The number of hydrogen-bond acceptors (Lipinski definition) is 4. The minimum atomic E-state index is -0.492. The van der Waals surface area contributed by atoms with Gasteiger partial charge in [0, 0.05) is 25.5 Å². The number of thiophene rings is 1. The van der Waals surface area contributed by atoms with E-state index < -0.39 is 5.91 Å². The van der Waals surface area contributed by atoms with Crippen molar-refractivity contribution in [1.82, 2.24) is 14.5 Å². The van der Waals surface area contributed by atoms with Crippen molar-refractivity contribution >= 4 is 23.2 Å². The fourth-order valence-corrected chi connectivity index (χ4v) is 3.44. The summed E-state index contributed by atoms with van der Waals surface area (Å²) in [6.07, 6.45) is 7.46. The maximum Gasteiger partial charge on any atom is 0.264 e. The Morgan fingerprint density at radius 3 is 2.81 bits per heavy atom. The van der Waals surface area contributed by atoms with Gasteiger partial charge in [0.25, 0.3) is 11.8 Å². The maximum absolute atomic E-state index is 12.5. The minimum Gasteiger partial charge on any atom is -0.365 e. The monoisotopic (exact) mass is 304 g/mol. The summed E-state index contributed by atoms with van der Waals surface area (Å²) in [6.45, 7) is 1.41. The number of imidazole rings is 1. The summed E-state index contributed by atoms with van der Waals surface area (Å²) in [5.41, 5.74) is 5.23. The van der Waals surface area contributed by atoms with Crippen molar-refractivity contribution in [2.45, 2.75) is 18.9 Å². The van der Waals surface area contributed by atoms with E-state index in [1.807, 2.05) is 15.7 Å². The van der Waals surface area contributed by atoms with Gasteiger partial charge in [-0.1, -0.05) is 0 Å². The zero-order chi connectivity index (χ0) is 14.8. The van der Waals surface area contributed by atoms with E-state index in [-0.39, 0.29) is 11.9 Å². The standard InChI is InChI=1S/C14H16N4O2S/c15-13(19)11-3-4-12(21-11)14(20)17-6-1-2-10(8-17)18-7-5-16-9-18/h3-5,7,9-10H,1-2,6,8H2,(H2,15,19). The Morgan fingerprint density at radius 1 is 1.33 bits per heavy atom. The summed E-state index contributed by atoms with van der Waals surface area (Å²) in [5, 5.41) is 0. The Bertz CT molecular complexity index is 650. The average Bonchev–Trinajstić information content (AvgIpc) is 3.18. The molecule has 2 aromatic rings. The van der Waals surface area contributed by atoms with Crippen LogP contribution in [-0.2, 0) is 0 Å². The van der Waals surface area contributed by atoms with Gasteiger partial charge in [-0.25, -0.2) is 4.98 Å². The lowest BCUT2D eigenvalue weighted by molar-refractivity contribution is 0.0684. The molecule has 1 unspecified atom stereocenters. The van der Waals surface area contributed by atoms with Gasteiger partial charge in [-0.15, -0.1) is 11.3 Å². The summed E-state index contributed by atoms with van der Waals surface area (Å²) in [7, 11) is 0. The van der Waals surface area contributed by atoms with Crippen molar-refractivity contribution < 1.29 is 9.59 Å². The molecule has 1 aliphatic rings. The molecule has 2 amide bonds. The second-order valence-corrected chi connectivity index (χ2v) is 6.17. The van der Waals surface area contributed by atoms with Crippen molar-refractivity contribution in [3.05, 3.63) is 40.6 Å². The molecule has 0 saturated carbocycles. The highest BCUT2D eigenvalue weighted by atomic mass is 32.1. The molecule has 3 rings (SSSR count). The highest BCUT2D eigenvalue weighted by Gasteiger charge is 2.26. The van der Waals surface area contributed by atoms with E-state index in [0.29, 0.717) is 16.3 Å². The number of nitrogens with zero attached hydrogens (tertiary/aromatic N) is 3. The van der Waals surface area contributed by atoms with Crippen LogP contribution in [0.5, 0.6) is 0 Å². The number of aromatic nitrogens is 2. The molecule has 0 spiro atoms. The third kappa shape index (κ3) is 2.82. The molecule has 1 saturated heterocycles. The molecule has 2 N–H and O–H groups in total. The zero-order valence-corrected chi connectivity index (χ0v) is 12.3. The highest BCUT2D eigenvalue weighted by Crippen LogP contribution is 2.24. The molecule has 7 heteroatoms. The number of carbonyl (C=O) groups is 2. The van der Waals surface area contributed by atoms with Crippen LogP contribution in [0.25, 0.3) is 0 Å². The summed E-state index contributed by atoms with van der Waals surface area (Å²) < 4.78 is 2.04. The number of primary amides is 1. The molecule has 21 heavy (non-hydrogen) atoms. The largest absolute Gasteiger partial charge is 0.365 e. The molecule has 110 valence electrons. The molecular weight excluding hydrogens is 288 g/mol. The fourth-order valence-electron chi connectivity index (χ4n) is 2.61. The topological polar surface area (TPSA) is 81.2 Å². The summed E-state index contributed by atoms with van der Waals surface area (Å²) in [6, 6.07) is 3.55. The summed E-state index contributed by atoms with van der Waals surface area (Å²) >= 11 is 1.16. The van der Waals surface area contributed by atoms with E-state index in [0.717, 1.165) is 30.7 Å². The van der Waals surface area contributed by atoms with Crippen molar-refractivity contribution in [3.8, 4) is 0 Å². The predicted molar refractivity (Wildman–Crippen MR) is 79.2 cm³/mol.